The molecule has 1 fully saturated rings. The van der Waals surface area contributed by atoms with E-state index in [0.717, 1.165) is 12.8 Å². The zero-order chi connectivity index (χ0) is 11.4. The van der Waals surface area contributed by atoms with Crippen molar-refractivity contribution in [1.29, 1.82) is 0 Å². The summed E-state index contributed by atoms with van der Waals surface area (Å²) < 4.78 is 0. The number of carboxylic acids is 1. The molecule has 0 unspecified atom stereocenters. The lowest BCUT2D eigenvalue weighted by Gasteiger charge is -2.14. The molecule has 0 aliphatic carbocycles. The SMILES string of the molecule is C[C@@H]1C[C@@H](CCCB(O)O)[C@@H](C(=O)O)N1. The number of aliphatic carboxylic acids is 1. The van der Waals surface area contributed by atoms with E-state index in [0.29, 0.717) is 12.7 Å². The minimum atomic E-state index is -1.28. The maximum absolute atomic E-state index is 10.9. The van der Waals surface area contributed by atoms with Crippen molar-refractivity contribution in [3.8, 4) is 0 Å². The molecule has 1 heterocycles. The van der Waals surface area contributed by atoms with Crippen LogP contribution in [-0.4, -0.2) is 40.3 Å². The quantitative estimate of drug-likeness (QED) is 0.472. The fourth-order valence-corrected chi connectivity index (χ4v) is 2.22. The fourth-order valence-electron chi connectivity index (χ4n) is 2.22. The van der Waals surface area contributed by atoms with Crippen LogP contribution in [0.4, 0.5) is 0 Å². The number of rotatable bonds is 5. The summed E-state index contributed by atoms with van der Waals surface area (Å²) in [6.07, 6.45) is 2.54. The lowest BCUT2D eigenvalue weighted by molar-refractivity contribution is -0.140. The molecule has 0 aromatic heterocycles. The Kier molecular flexibility index (Phi) is 4.57. The van der Waals surface area contributed by atoms with Crippen LogP contribution < -0.4 is 5.32 Å². The van der Waals surface area contributed by atoms with Crippen molar-refractivity contribution in [2.45, 2.75) is 44.6 Å². The Labute approximate surface area is 89.6 Å². The van der Waals surface area contributed by atoms with E-state index in [4.69, 9.17) is 15.2 Å². The number of hydrogen-bond donors (Lipinski definition) is 4. The van der Waals surface area contributed by atoms with Gasteiger partial charge in [0.15, 0.2) is 0 Å². The molecule has 15 heavy (non-hydrogen) atoms. The maximum atomic E-state index is 10.9. The molecule has 6 heteroatoms. The number of nitrogens with one attached hydrogen (secondary N) is 1. The summed E-state index contributed by atoms with van der Waals surface area (Å²) in [6, 6.07) is -0.244. The van der Waals surface area contributed by atoms with Gasteiger partial charge in [-0.1, -0.05) is 6.42 Å². The van der Waals surface area contributed by atoms with Crippen molar-refractivity contribution < 1.29 is 19.9 Å². The van der Waals surface area contributed by atoms with Gasteiger partial charge in [-0.2, -0.15) is 0 Å². The molecule has 1 aliphatic heterocycles. The summed E-state index contributed by atoms with van der Waals surface area (Å²) in [5.41, 5.74) is 0. The minimum absolute atomic E-state index is 0.108. The Hall–Kier alpha value is -0.585. The van der Waals surface area contributed by atoms with Crippen molar-refractivity contribution in [3.05, 3.63) is 0 Å². The number of carbonyl (C=O) groups is 1. The van der Waals surface area contributed by atoms with Gasteiger partial charge in [-0.05, 0) is 32.0 Å². The highest BCUT2D eigenvalue weighted by molar-refractivity contribution is 6.40. The Balaban J connectivity index is 2.35. The minimum Gasteiger partial charge on any atom is -0.480 e. The fraction of sp³-hybridized carbons (Fsp3) is 0.889. The van der Waals surface area contributed by atoms with Crippen LogP contribution in [0, 0.1) is 5.92 Å². The van der Waals surface area contributed by atoms with Crippen LogP contribution in [-0.2, 0) is 4.79 Å². The van der Waals surface area contributed by atoms with Crippen molar-refractivity contribution in [2.75, 3.05) is 0 Å². The van der Waals surface area contributed by atoms with E-state index in [1.807, 2.05) is 6.92 Å². The van der Waals surface area contributed by atoms with Crippen LogP contribution in [0.2, 0.25) is 6.32 Å². The first-order valence-electron chi connectivity index (χ1n) is 5.35. The second-order valence-electron chi connectivity index (χ2n) is 4.29. The summed E-state index contributed by atoms with van der Waals surface area (Å²) in [5, 5.41) is 29.3. The van der Waals surface area contributed by atoms with E-state index in [1.54, 1.807) is 0 Å². The van der Waals surface area contributed by atoms with E-state index in [9.17, 15) is 4.79 Å². The molecule has 0 aromatic carbocycles. The summed E-state index contributed by atoms with van der Waals surface area (Å²) in [7, 11) is -1.28. The van der Waals surface area contributed by atoms with E-state index in [1.165, 1.54) is 0 Å². The van der Waals surface area contributed by atoms with Gasteiger partial charge in [0.05, 0.1) is 0 Å². The highest BCUT2D eigenvalue weighted by Crippen LogP contribution is 2.25. The van der Waals surface area contributed by atoms with Crippen molar-refractivity contribution in [3.63, 3.8) is 0 Å². The number of hydrogen-bond acceptors (Lipinski definition) is 4. The van der Waals surface area contributed by atoms with E-state index in [-0.39, 0.29) is 12.0 Å². The Morgan fingerprint density at radius 2 is 2.20 bits per heavy atom. The molecule has 1 rings (SSSR count). The molecule has 86 valence electrons. The van der Waals surface area contributed by atoms with Crippen LogP contribution in [0.5, 0.6) is 0 Å². The summed E-state index contributed by atoms with van der Waals surface area (Å²) in [4.78, 5) is 10.9. The number of carboxylic acid groups (broad SMARTS) is 1. The van der Waals surface area contributed by atoms with Crippen molar-refractivity contribution in [1.82, 2.24) is 5.32 Å². The van der Waals surface area contributed by atoms with Gasteiger partial charge in [0.2, 0.25) is 0 Å². The highest BCUT2D eigenvalue weighted by Gasteiger charge is 2.35. The Morgan fingerprint density at radius 1 is 1.53 bits per heavy atom. The smallest absolute Gasteiger partial charge is 0.451 e. The van der Waals surface area contributed by atoms with Gasteiger partial charge in [0.25, 0.3) is 0 Å². The van der Waals surface area contributed by atoms with E-state index < -0.39 is 19.1 Å². The van der Waals surface area contributed by atoms with Crippen LogP contribution >= 0.6 is 0 Å². The van der Waals surface area contributed by atoms with Crippen LogP contribution in [0.1, 0.15) is 26.2 Å². The van der Waals surface area contributed by atoms with Gasteiger partial charge in [-0.15, -0.1) is 0 Å². The average molecular weight is 215 g/mol. The molecular weight excluding hydrogens is 197 g/mol. The maximum Gasteiger partial charge on any atom is 0.451 e. The zero-order valence-electron chi connectivity index (χ0n) is 8.89. The molecule has 0 aromatic rings. The molecule has 0 spiro atoms. The zero-order valence-corrected chi connectivity index (χ0v) is 8.89. The van der Waals surface area contributed by atoms with E-state index >= 15 is 0 Å². The molecule has 1 saturated heterocycles. The van der Waals surface area contributed by atoms with Gasteiger partial charge < -0.3 is 20.5 Å². The second kappa shape index (κ2) is 5.49. The summed E-state index contributed by atoms with van der Waals surface area (Å²) in [6.45, 7) is 1.97. The molecule has 0 saturated carbocycles. The van der Waals surface area contributed by atoms with Crippen LogP contribution in [0.25, 0.3) is 0 Å². The second-order valence-corrected chi connectivity index (χ2v) is 4.29. The molecular formula is C9H18BNO4. The van der Waals surface area contributed by atoms with Crippen molar-refractivity contribution >= 4 is 13.1 Å². The highest BCUT2D eigenvalue weighted by atomic mass is 16.4. The first kappa shape index (κ1) is 12.5. The summed E-state index contributed by atoms with van der Waals surface area (Å²) >= 11 is 0. The predicted octanol–water partition coefficient (Wildman–Crippen LogP) is -0.309. The molecule has 4 N–H and O–H groups in total. The first-order chi connectivity index (χ1) is 7.00. The molecule has 0 bridgehead atoms. The van der Waals surface area contributed by atoms with Gasteiger partial charge >= 0.3 is 13.1 Å². The third-order valence-corrected chi connectivity index (χ3v) is 2.90. The molecule has 0 radical (unpaired) electrons. The lowest BCUT2D eigenvalue weighted by Crippen LogP contribution is -2.37. The van der Waals surface area contributed by atoms with Gasteiger partial charge in [-0.3, -0.25) is 4.79 Å². The van der Waals surface area contributed by atoms with Gasteiger partial charge in [-0.25, -0.2) is 0 Å². The monoisotopic (exact) mass is 215 g/mol. The largest absolute Gasteiger partial charge is 0.480 e. The normalized spacial score (nSPS) is 30.5. The third kappa shape index (κ3) is 3.81. The van der Waals surface area contributed by atoms with Crippen molar-refractivity contribution in [2.24, 2.45) is 5.92 Å². The van der Waals surface area contributed by atoms with Crippen LogP contribution in [0.3, 0.4) is 0 Å². The average Bonchev–Trinajstić information content (AvgIpc) is 2.46. The summed E-state index contributed by atoms with van der Waals surface area (Å²) in [5.74, 6) is -0.704. The standard InChI is InChI=1S/C9H18BNO4/c1-6-5-7(3-2-4-10(14)15)8(11-6)9(12)13/h6-8,11,14-15H,2-5H2,1H3,(H,12,13)/t6-,7-,8+/m1/s1. The Bertz CT molecular complexity index is 224. The van der Waals surface area contributed by atoms with Gasteiger partial charge in [0, 0.05) is 6.04 Å². The third-order valence-electron chi connectivity index (χ3n) is 2.90. The predicted molar refractivity (Wildman–Crippen MR) is 56.4 cm³/mol. The lowest BCUT2D eigenvalue weighted by atomic mass is 9.81. The molecule has 3 atom stereocenters. The molecule has 0 amide bonds. The Morgan fingerprint density at radius 3 is 2.73 bits per heavy atom. The molecule has 5 nitrogen and oxygen atoms in total. The molecule has 1 aliphatic rings. The topological polar surface area (TPSA) is 89.8 Å². The van der Waals surface area contributed by atoms with Gasteiger partial charge in [0.1, 0.15) is 6.04 Å². The van der Waals surface area contributed by atoms with E-state index in [2.05, 4.69) is 5.32 Å². The van der Waals surface area contributed by atoms with Crippen LogP contribution in [0.15, 0.2) is 0 Å². The first-order valence-corrected chi connectivity index (χ1v) is 5.35.